The van der Waals surface area contributed by atoms with Gasteiger partial charge < -0.3 is 20.4 Å². The molecule has 0 atom stereocenters. The first-order valence-corrected chi connectivity index (χ1v) is 14.6. The molecule has 0 spiro atoms. The Kier molecular flexibility index (Phi) is 7.67. The maximum absolute atomic E-state index is 12.1. The molecule has 6 rings (SSSR count). The average Bonchev–Trinajstić information content (AvgIpc) is 3.72. The Morgan fingerprint density at radius 1 is 0.974 bits per heavy atom. The van der Waals surface area contributed by atoms with E-state index in [2.05, 4.69) is 42.6 Å². The van der Waals surface area contributed by atoms with E-state index in [9.17, 15) is 4.79 Å². The molecule has 1 amide bonds. The number of hydrogen-bond donors (Lipinski definition) is 3. The van der Waals surface area contributed by atoms with E-state index < -0.39 is 0 Å². The number of amides is 1. The predicted molar refractivity (Wildman–Crippen MR) is 153 cm³/mol. The number of piperidine rings is 1. The number of aryl methyl sites for hydroxylation is 1. The highest BCUT2D eigenvalue weighted by molar-refractivity contribution is 7.99. The summed E-state index contributed by atoms with van der Waals surface area (Å²) in [5.74, 6) is 2.11. The Morgan fingerprint density at radius 2 is 1.72 bits per heavy atom. The van der Waals surface area contributed by atoms with Crippen molar-refractivity contribution >= 4 is 41.1 Å². The minimum Gasteiger partial charge on any atom is -0.338 e. The van der Waals surface area contributed by atoms with Gasteiger partial charge in [-0.3, -0.25) is 14.8 Å². The Morgan fingerprint density at radius 3 is 2.38 bits per heavy atom. The monoisotopic (exact) mass is 548 g/mol. The van der Waals surface area contributed by atoms with Crippen LogP contribution in [0.3, 0.4) is 0 Å². The Balaban J connectivity index is 1.16. The molecule has 0 radical (unpaired) electrons. The molecule has 0 bridgehead atoms. The number of likely N-dealkylation sites (tertiary alicyclic amines) is 1. The molecule has 0 unspecified atom stereocenters. The smallest absolute Gasteiger partial charge is 0.234 e. The molecule has 2 aromatic heterocycles. The van der Waals surface area contributed by atoms with Crippen LogP contribution < -0.4 is 15.5 Å². The van der Waals surface area contributed by atoms with E-state index in [0.29, 0.717) is 28.9 Å². The largest absolute Gasteiger partial charge is 0.338 e. The van der Waals surface area contributed by atoms with Crippen LogP contribution in [0.25, 0.3) is 0 Å². The summed E-state index contributed by atoms with van der Waals surface area (Å²) in [7, 11) is 2.21. The van der Waals surface area contributed by atoms with Crippen molar-refractivity contribution in [1.82, 2.24) is 34.9 Å². The molecule has 39 heavy (non-hydrogen) atoms. The number of hydrogen-bond acceptors (Lipinski definition) is 10. The van der Waals surface area contributed by atoms with Gasteiger partial charge in [-0.2, -0.15) is 20.1 Å². The number of benzene rings is 1. The number of carbonyl (C=O) groups excluding carboxylic acids is 1. The SMILES string of the molecule is Cc1cc(Nc2nc(Sc3ccc(NC(=O)C4CC4)cc3)nc(N3CCN(C4CCN(C)CC4)CC3)n2)n[nH]1. The average molecular weight is 549 g/mol. The number of H-pyrrole nitrogens is 1. The Hall–Kier alpha value is -3.22. The standard InChI is InChI=1S/C27H36N10OS/c1-18-17-23(34-33-18)29-25-30-26(37-15-13-36(14-16-37)21-9-11-35(2)12-10-21)32-27(31-25)39-22-7-5-20(6-8-22)28-24(38)19-3-4-19/h5-8,17,19,21H,3-4,9-16H2,1-2H3,(H,28,38)(H2,29,30,31,32,33,34). The molecule has 1 aromatic carbocycles. The molecule has 11 nitrogen and oxygen atoms in total. The molecular formula is C27H36N10OS. The van der Waals surface area contributed by atoms with Gasteiger partial charge in [0.1, 0.15) is 0 Å². The van der Waals surface area contributed by atoms with Crippen LogP contribution in [0.2, 0.25) is 0 Å². The lowest BCUT2D eigenvalue weighted by atomic mass is 10.0. The molecular weight excluding hydrogens is 512 g/mol. The molecule has 1 saturated carbocycles. The summed E-state index contributed by atoms with van der Waals surface area (Å²) in [6, 6.07) is 10.4. The van der Waals surface area contributed by atoms with Gasteiger partial charge in [0.05, 0.1) is 0 Å². The predicted octanol–water partition coefficient (Wildman–Crippen LogP) is 3.36. The second-order valence-electron chi connectivity index (χ2n) is 10.8. The number of aromatic nitrogens is 5. The van der Waals surface area contributed by atoms with E-state index in [0.717, 1.165) is 55.3 Å². The fourth-order valence-corrected chi connectivity index (χ4v) is 5.88. The van der Waals surface area contributed by atoms with Gasteiger partial charge in [-0.15, -0.1) is 0 Å². The van der Waals surface area contributed by atoms with Crippen molar-refractivity contribution in [2.45, 2.75) is 48.7 Å². The van der Waals surface area contributed by atoms with Crippen molar-refractivity contribution in [2.24, 2.45) is 5.92 Å². The Bertz CT molecular complexity index is 1280. The first kappa shape index (κ1) is 26.0. The van der Waals surface area contributed by atoms with Crippen LogP contribution in [0.5, 0.6) is 0 Å². The fourth-order valence-electron chi connectivity index (χ4n) is 5.13. The van der Waals surface area contributed by atoms with E-state index in [1.807, 2.05) is 37.3 Å². The third-order valence-corrected chi connectivity index (χ3v) is 8.50. The van der Waals surface area contributed by atoms with Crippen molar-refractivity contribution in [3.8, 4) is 0 Å². The van der Waals surface area contributed by atoms with Crippen LogP contribution in [0.4, 0.5) is 23.4 Å². The number of carbonyl (C=O) groups is 1. The first-order chi connectivity index (χ1) is 19.0. The first-order valence-electron chi connectivity index (χ1n) is 13.8. The summed E-state index contributed by atoms with van der Waals surface area (Å²) >= 11 is 1.48. The summed E-state index contributed by atoms with van der Waals surface area (Å²) in [6.45, 7) is 8.10. The summed E-state index contributed by atoms with van der Waals surface area (Å²) in [5.41, 5.74) is 1.77. The van der Waals surface area contributed by atoms with Gasteiger partial charge in [-0.25, -0.2) is 0 Å². The topological polar surface area (TPSA) is 118 Å². The van der Waals surface area contributed by atoms with E-state index in [1.54, 1.807) is 0 Å². The molecule has 3 aliphatic rings. The van der Waals surface area contributed by atoms with Crippen LogP contribution in [0.1, 0.15) is 31.4 Å². The fraction of sp³-hybridized carbons (Fsp3) is 0.519. The highest BCUT2D eigenvalue weighted by Crippen LogP contribution is 2.32. The molecule has 2 aliphatic heterocycles. The third-order valence-electron chi connectivity index (χ3n) is 7.63. The van der Waals surface area contributed by atoms with Gasteiger partial charge in [0.25, 0.3) is 0 Å². The highest BCUT2D eigenvalue weighted by atomic mass is 32.2. The normalized spacial score (nSPS) is 19.3. The lowest BCUT2D eigenvalue weighted by Crippen LogP contribution is -2.53. The number of nitrogens with one attached hydrogen (secondary N) is 3. The number of rotatable bonds is 8. The summed E-state index contributed by atoms with van der Waals surface area (Å²) < 4.78 is 0. The minimum atomic E-state index is 0.109. The summed E-state index contributed by atoms with van der Waals surface area (Å²) in [5, 5.41) is 14.1. The number of anilines is 4. The molecule has 12 heteroatoms. The van der Waals surface area contributed by atoms with Crippen LogP contribution in [-0.4, -0.2) is 93.2 Å². The van der Waals surface area contributed by atoms with Crippen LogP contribution in [-0.2, 0) is 4.79 Å². The lowest BCUT2D eigenvalue weighted by molar-refractivity contribution is -0.117. The quantitative estimate of drug-likeness (QED) is 0.387. The maximum Gasteiger partial charge on any atom is 0.234 e. The second kappa shape index (κ2) is 11.5. The zero-order valence-electron chi connectivity index (χ0n) is 22.6. The van der Waals surface area contributed by atoms with Crippen molar-refractivity contribution in [3.05, 3.63) is 36.0 Å². The number of nitrogens with zero attached hydrogens (tertiary/aromatic N) is 7. The third kappa shape index (κ3) is 6.68. The molecule has 1 aliphatic carbocycles. The van der Waals surface area contributed by atoms with Crippen molar-refractivity contribution in [3.63, 3.8) is 0 Å². The van der Waals surface area contributed by atoms with E-state index in [1.165, 1.54) is 37.7 Å². The van der Waals surface area contributed by atoms with Gasteiger partial charge in [0, 0.05) is 60.5 Å². The van der Waals surface area contributed by atoms with E-state index in [-0.39, 0.29) is 11.8 Å². The van der Waals surface area contributed by atoms with Crippen LogP contribution in [0, 0.1) is 12.8 Å². The molecule has 2 saturated heterocycles. The van der Waals surface area contributed by atoms with E-state index >= 15 is 0 Å². The molecule has 3 aromatic rings. The zero-order chi connectivity index (χ0) is 26.8. The number of piperazine rings is 1. The minimum absolute atomic E-state index is 0.109. The van der Waals surface area contributed by atoms with Gasteiger partial charge in [0.2, 0.25) is 17.8 Å². The van der Waals surface area contributed by atoms with Crippen LogP contribution >= 0.6 is 11.8 Å². The van der Waals surface area contributed by atoms with Crippen LogP contribution in [0.15, 0.2) is 40.4 Å². The molecule has 3 fully saturated rings. The number of aromatic amines is 1. The Labute approximate surface area is 233 Å². The zero-order valence-corrected chi connectivity index (χ0v) is 23.4. The van der Waals surface area contributed by atoms with Crippen molar-refractivity contribution in [2.75, 3.05) is 61.8 Å². The van der Waals surface area contributed by atoms with Crippen molar-refractivity contribution < 1.29 is 4.79 Å². The lowest BCUT2D eigenvalue weighted by Gasteiger charge is -2.42. The summed E-state index contributed by atoms with van der Waals surface area (Å²) in [6.07, 6.45) is 4.46. The molecule has 3 N–H and O–H groups in total. The summed E-state index contributed by atoms with van der Waals surface area (Å²) in [4.78, 5) is 34.7. The highest BCUT2D eigenvalue weighted by Gasteiger charge is 2.30. The van der Waals surface area contributed by atoms with Gasteiger partial charge in [0.15, 0.2) is 11.0 Å². The van der Waals surface area contributed by atoms with E-state index in [4.69, 9.17) is 15.0 Å². The second-order valence-corrected chi connectivity index (χ2v) is 11.8. The van der Waals surface area contributed by atoms with Crippen molar-refractivity contribution in [1.29, 1.82) is 0 Å². The molecule has 4 heterocycles. The van der Waals surface area contributed by atoms with Gasteiger partial charge in [-0.1, -0.05) is 0 Å². The van der Waals surface area contributed by atoms with Gasteiger partial charge >= 0.3 is 0 Å². The maximum atomic E-state index is 12.1. The van der Waals surface area contributed by atoms with Gasteiger partial charge in [-0.05, 0) is 88.8 Å². The molecule has 206 valence electrons.